The van der Waals surface area contributed by atoms with E-state index in [1.165, 1.54) is 6.07 Å². The van der Waals surface area contributed by atoms with Gasteiger partial charge in [0.05, 0.1) is 12.0 Å². The number of hydrogen-bond donors (Lipinski definition) is 1. The van der Waals surface area contributed by atoms with Crippen LogP contribution in [0.3, 0.4) is 0 Å². The zero-order valence-corrected chi connectivity index (χ0v) is 10.7. The lowest BCUT2D eigenvalue weighted by Crippen LogP contribution is -2.21. The van der Waals surface area contributed by atoms with Crippen LogP contribution in [0.4, 0.5) is 4.39 Å². The molecule has 0 bridgehead atoms. The normalized spacial score (nSPS) is 12.1. The van der Waals surface area contributed by atoms with Crippen molar-refractivity contribution in [1.82, 2.24) is 5.32 Å². The Bertz CT molecular complexity index is 387. The molecule has 4 heteroatoms. The average Bonchev–Trinajstić information content (AvgIpc) is 2.29. The number of hydrogen-bond acceptors (Lipinski definition) is 2. The number of nitrogens with one attached hydrogen (secondary N) is 1. The maximum atomic E-state index is 13.3. The molecule has 0 saturated heterocycles. The van der Waals surface area contributed by atoms with Crippen LogP contribution in [0.5, 0.6) is 0 Å². The van der Waals surface area contributed by atoms with Crippen LogP contribution in [0.2, 0.25) is 0 Å². The van der Waals surface area contributed by atoms with E-state index in [4.69, 9.17) is 5.26 Å². The van der Waals surface area contributed by atoms with Crippen LogP contribution in [0.25, 0.3) is 0 Å². The summed E-state index contributed by atoms with van der Waals surface area (Å²) in [5, 5.41) is 11.8. The molecular weight excluding hydrogens is 271 g/mol. The number of nitriles is 1. The lowest BCUT2D eigenvalue weighted by Gasteiger charge is -2.09. The summed E-state index contributed by atoms with van der Waals surface area (Å²) in [7, 11) is 0. The van der Waals surface area contributed by atoms with Gasteiger partial charge in [-0.25, -0.2) is 4.39 Å². The van der Waals surface area contributed by atoms with Crippen LogP contribution < -0.4 is 5.32 Å². The van der Waals surface area contributed by atoms with E-state index in [0.29, 0.717) is 18.7 Å². The number of rotatable bonds is 5. The summed E-state index contributed by atoms with van der Waals surface area (Å²) < 4.78 is 14.2. The van der Waals surface area contributed by atoms with Crippen molar-refractivity contribution in [3.8, 4) is 6.07 Å². The van der Waals surface area contributed by atoms with Crippen molar-refractivity contribution in [1.29, 1.82) is 5.26 Å². The van der Waals surface area contributed by atoms with Crippen molar-refractivity contribution in [3.05, 3.63) is 34.1 Å². The first-order valence-corrected chi connectivity index (χ1v) is 6.01. The zero-order chi connectivity index (χ0) is 12.0. The van der Waals surface area contributed by atoms with Gasteiger partial charge in [0.25, 0.3) is 0 Å². The minimum Gasteiger partial charge on any atom is -0.311 e. The van der Waals surface area contributed by atoms with Crippen molar-refractivity contribution in [3.63, 3.8) is 0 Å². The largest absolute Gasteiger partial charge is 0.311 e. The molecule has 1 rings (SSSR count). The Labute approximate surface area is 104 Å². The fraction of sp³-hybridized carbons (Fsp3) is 0.417. The predicted octanol–water partition coefficient (Wildman–Crippen LogP) is 3.23. The summed E-state index contributed by atoms with van der Waals surface area (Å²) >= 11 is 3.30. The molecule has 1 atom stereocenters. The lowest BCUT2D eigenvalue weighted by atomic mass is 10.1. The Morgan fingerprint density at radius 1 is 1.56 bits per heavy atom. The molecule has 0 spiro atoms. The Kier molecular flexibility index (Phi) is 5.44. The molecule has 86 valence electrons. The average molecular weight is 285 g/mol. The van der Waals surface area contributed by atoms with Gasteiger partial charge < -0.3 is 5.32 Å². The summed E-state index contributed by atoms with van der Waals surface area (Å²) in [6.45, 7) is 3.01. The first-order valence-electron chi connectivity index (χ1n) is 5.21. The molecule has 1 aromatic rings. The van der Waals surface area contributed by atoms with Crippen LogP contribution in [-0.2, 0) is 6.54 Å². The SMILES string of the molecule is CCC(C#N)CNCc1cc(Br)ccc1F. The molecule has 0 amide bonds. The van der Waals surface area contributed by atoms with Gasteiger partial charge in [0.1, 0.15) is 5.82 Å². The maximum Gasteiger partial charge on any atom is 0.127 e. The van der Waals surface area contributed by atoms with Crippen LogP contribution in [0.15, 0.2) is 22.7 Å². The molecule has 0 heterocycles. The predicted molar refractivity (Wildman–Crippen MR) is 65.2 cm³/mol. The quantitative estimate of drug-likeness (QED) is 0.901. The molecule has 16 heavy (non-hydrogen) atoms. The number of halogens is 2. The highest BCUT2D eigenvalue weighted by Crippen LogP contribution is 2.15. The first kappa shape index (κ1) is 13.1. The Morgan fingerprint density at radius 3 is 2.94 bits per heavy atom. The fourth-order valence-corrected chi connectivity index (χ4v) is 1.75. The molecule has 2 nitrogen and oxygen atoms in total. The Balaban J connectivity index is 2.49. The van der Waals surface area contributed by atoms with Gasteiger partial charge in [-0.1, -0.05) is 22.9 Å². The van der Waals surface area contributed by atoms with E-state index in [9.17, 15) is 4.39 Å². The molecule has 0 aliphatic heterocycles. The van der Waals surface area contributed by atoms with Crippen molar-refractivity contribution in [2.24, 2.45) is 5.92 Å². The van der Waals surface area contributed by atoms with Gasteiger partial charge in [-0.2, -0.15) is 5.26 Å². The van der Waals surface area contributed by atoms with Gasteiger partial charge in [-0.15, -0.1) is 0 Å². The minimum atomic E-state index is -0.222. The molecule has 0 radical (unpaired) electrons. The van der Waals surface area contributed by atoms with Gasteiger partial charge in [-0.05, 0) is 24.6 Å². The summed E-state index contributed by atoms with van der Waals surface area (Å²) in [5.74, 6) is -0.226. The third kappa shape index (κ3) is 3.92. The van der Waals surface area contributed by atoms with Crippen LogP contribution in [0, 0.1) is 23.1 Å². The smallest absolute Gasteiger partial charge is 0.127 e. The molecule has 1 unspecified atom stereocenters. The Morgan fingerprint density at radius 2 is 2.31 bits per heavy atom. The number of benzene rings is 1. The highest BCUT2D eigenvalue weighted by Gasteiger charge is 2.05. The molecule has 0 aliphatic carbocycles. The minimum absolute atomic E-state index is 0.00443. The number of nitrogens with zero attached hydrogens (tertiary/aromatic N) is 1. The molecule has 0 aliphatic rings. The van der Waals surface area contributed by atoms with E-state index >= 15 is 0 Å². The van der Waals surface area contributed by atoms with Crippen LogP contribution >= 0.6 is 15.9 Å². The van der Waals surface area contributed by atoms with Crippen molar-refractivity contribution < 1.29 is 4.39 Å². The second kappa shape index (κ2) is 6.62. The van der Waals surface area contributed by atoms with Gasteiger partial charge >= 0.3 is 0 Å². The maximum absolute atomic E-state index is 13.3. The van der Waals surface area contributed by atoms with Crippen molar-refractivity contribution in [2.45, 2.75) is 19.9 Å². The molecule has 0 saturated carbocycles. The van der Waals surface area contributed by atoms with Gasteiger partial charge in [0.15, 0.2) is 0 Å². The summed E-state index contributed by atoms with van der Waals surface area (Å²) in [4.78, 5) is 0. The molecule has 1 aromatic carbocycles. The summed E-state index contributed by atoms with van der Waals surface area (Å²) in [5.41, 5.74) is 0.613. The first-order chi connectivity index (χ1) is 7.67. The van der Waals surface area contributed by atoms with E-state index in [2.05, 4.69) is 27.3 Å². The van der Waals surface area contributed by atoms with E-state index in [0.717, 1.165) is 10.9 Å². The second-order valence-corrected chi connectivity index (χ2v) is 4.52. The third-order valence-electron chi connectivity index (χ3n) is 2.39. The molecular formula is C12H14BrFN2. The summed E-state index contributed by atoms with van der Waals surface area (Å²) in [6.07, 6.45) is 0.810. The summed E-state index contributed by atoms with van der Waals surface area (Å²) in [6, 6.07) is 7.05. The molecule has 0 fully saturated rings. The highest BCUT2D eigenvalue weighted by atomic mass is 79.9. The zero-order valence-electron chi connectivity index (χ0n) is 9.13. The van der Waals surface area contributed by atoms with Crippen LogP contribution in [0.1, 0.15) is 18.9 Å². The standard InChI is InChI=1S/C12H14BrFN2/c1-2-9(6-15)7-16-8-10-5-11(13)3-4-12(10)14/h3-5,9,16H,2,7-8H2,1H3. The Hall–Kier alpha value is -0.920. The fourth-order valence-electron chi connectivity index (χ4n) is 1.34. The topological polar surface area (TPSA) is 35.8 Å². The van der Waals surface area contributed by atoms with E-state index < -0.39 is 0 Å². The monoisotopic (exact) mass is 284 g/mol. The van der Waals surface area contributed by atoms with Crippen molar-refractivity contribution >= 4 is 15.9 Å². The van der Waals surface area contributed by atoms with E-state index in [1.54, 1.807) is 12.1 Å². The molecule has 1 N–H and O–H groups in total. The second-order valence-electron chi connectivity index (χ2n) is 3.60. The third-order valence-corrected chi connectivity index (χ3v) is 2.88. The van der Waals surface area contributed by atoms with Gasteiger partial charge in [-0.3, -0.25) is 0 Å². The van der Waals surface area contributed by atoms with Gasteiger partial charge in [0, 0.05) is 23.1 Å². The molecule has 0 aromatic heterocycles. The highest BCUT2D eigenvalue weighted by molar-refractivity contribution is 9.10. The van der Waals surface area contributed by atoms with E-state index in [1.807, 2.05) is 6.92 Å². The van der Waals surface area contributed by atoms with E-state index in [-0.39, 0.29) is 11.7 Å². The van der Waals surface area contributed by atoms with Gasteiger partial charge in [0.2, 0.25) is 0 Å². The lowest BCUT2D eigenvalue weighted by molar-refractivity contribution is 0.536. The van der Waals surface area contributed by atoms with Crippen LogP contribution in [-0.4, -0.2) is 6.54 Å². The van der Waals surface area contributed by atoms with Crippen molar-refractivity contribution in [2.75, 3.05) is 6.54 Å².